The lowest BCUT2D eigenvalue weighted by atomic mass is 10.2. The van der Waals surface area contributed by atoms with Crippen molar-refractivity contribution in [1.82, 2.24) is 5.32 Å². The third kappa shape index (κ3) is 6.96. The van der Waals surface area contributed by atoms with Gasteiger partial charge in [0.15, 0.2) is 0 Å². The van der Waals surface area contributed by atoms with Crippen LogP contribution in [-0.4, -0.2) is 15.9 Å². The Morgan fingerprint density at radius 2 is 1.90 bits per heavy atom. The number of benzene rings is 1. The van der Waals surface area contributed by atoms with Crippen LogP contribution in [0.5, 0.6) is 0 Å². The number of hydrogen-bond acceptors (Lipinski definition) is 2. The van der Waals surface area contributed by atoms with Crippen molar-refractivity contribution in [2.75, 3.05) is 5.32 Å². The lowest BCUT2D eigenvalue weighted by molar-refractivity contribution is -0.121. The summed E-state index contributed by atoms with van der Waals surface area (Å²) in [4.78, 5) is 11.9. The first kappa shape index (κ1) is 18.7. The van der Waals surface area contributed by atoms with Crippen molar-refractivity contribution in [3.05, 3.63) is 29.3 Å². The molecule has 0 aliphatic heterocycles. The lowest BCUT2D eigenvalue weighted by Gasteiger charge is -2.27. The maximum absolute atomic E-state index is 11.9. The van der Waals surface area contributed by atoms with E-state index in [9.17, 15) is 4.79 Å². The predicted molar refractivity (Wildman–Crippen MR) is 91.4 cm³/mol. The van der Waals surface area contributed by atoms with Gasteiger partial charge in [0.05, 0.1) is 10.7 Å². The minimum absolute atomic E-state index is 0.167. The van der Waals surface area contributed by atoms with Gasteiger partial charge in [-0.25, -0.2) is 0 Å². The Bertz CT molecular complexity index is 463. The molecule has 1 aromatic rings. The van der Waals surface area contributed by atoms with E-state index in [4.69, 9.17) is 46.4 Å². The molecule has 0 saturated heterocycles. The Balaban J connectivity index is 2.69. The number of unbranched alkanes of at least 4 members (excludes halogenated alkanes) is 2. The van der Waals surface area contributed by atoms with Gasteiger partial charge in [-0.1, -0.05) is 78.3 Å². The van der Waals surface area contributed by atoms with Crippen LogP contribution in [0.1, 0.15) is 32.6 Å². The number of rotatable bonds is 7. The van der Waals surface area contributed by atoms with Crippen LogP contribution in [0.25, 0.3) is 0 Å². The highest BCUT2D eigenvalue weighted by Crippen LogP contribution is 2.32. The Labute approximate surface area is 145 Å². The van der Waals surface area contributed by atoms with Gasteiger partial charge >= 0.3 is 0 Å². The number of alkyl halides is 3. The largest absolute Gasteiger partial charge is 0.361 e. The third-order valence-electron chi connectivity index (χ3n) is 2.81. The van der Waals surface area contributed by atoms with Gasteiger partial charge in [0.25, 0.3) is 0 Å². The van der Waals surface area contributed by atoms with Crippen molar-refractivity contribution < 1.29 is 4.79 Å². The monoisotopic (exact) mass is 370 g/mol. The summed E-state index contributed by atoms with van der Waals surface area (Å²) in [6.45, 7) is 2.07. The fourth-order valence-electron chi connectivity index (χ4n) is 1.70. The highest BCUT2D eigenvalue weighted by molar-refractivity contribution is 6.68. The number of amides is 1. The van der Waals surface area contributed by atoms with Gasteiger partial charge in [-0.15, -0.1) is 0 Å². The zero-order chi connectivity index (χ0) is 15.9. The molecule has 1 amide bonds. The molecule has 1 aromatic carbocycles. The van der Waals surface area contributed by atoms with Crippen LogP contribution in [-0.2, 0) is 4.79 Å². The first-order valence-electron chi connectivity index (χ1n) is 6.71. The van der Waals surface area contributed by atoms with Crippen LogP contribution < -0.4 is 10.6 Å². The van der Waals surface area contributed by atoms with Crippen molar-refractivity contribution in [2.45, 2.75) is 42.6 Å². The number of carbonyl (C=O) groups is 1. The van der Waals surface area contributed by atoms with E-state index in [1.54, 1.807) is 24.3 Å². The smallest absolute Gasteiger partial charge is 0.228 e. The number of para-hydroxylation sites is 1. The SMILES string of the molecule is CCCCCC(=O)N[C@@H](Nc1ccccc1Cl)C(Cl)(Cl)Cl. The third-order valence-corrected chi connectivity index (χ3v) is 3.80. The molecule has 0 bridgehead atoms. The van der Waals surface area contributed by atoms with Gasteiger partial charge in [0.1, 0.15) is 6.17 Å². The predicted octanol–water partition coefficient (Wildman–Crippen LogP) is 5.14. The molecule has 0 aromatic heterocycles. The topological polar surface area (TPSA) is 41.1 Å². The summed E-state index contributed by atoms with van der Waals surface area (Å²) in [5, 5.41) is 6.12. The molecule has 0 aliphatic carbocycles. The minimum Gasteiger partial charge on any atom is -0.361 e. The maximum atomic E-state index is 11.9. The van der Waals surface area contributed by atoms with E-state index in [1.807, 2.05) is 0 Å². The Hall–Kier alpha value is -0.350. The minimum atomic E-state index is -1.69. The average molecular weight is 372 g/mol. The molecule has 21 heavy (non-hydrogen) atoms. The molecule has 118 valence electrons. The normalized spacial score (nSPS) is 12.8. The molecule has 0 fully saturated rings. The summed E-state index contributed by atoms with van der Waals surface area (Å²) in [5.74, 6) is -0.167. The molecule has 2 N–H and O–H groups in total. The van der Waals surface area contributed by atoms with Crippen molar-refractivity contribution in [3.63, 3.8) is 0 Å². The van der Waals surface area contributed by atoms with Gasteiger partial charge in [-0.2, -0.15) is 0 Å². The fourth-order valence-corrected chi connectivity index (χ4v) is 2.22. The molecule has 0 unspecified atom stereocenters. The molecule has 0 aliphatic rings. The molecule has 0 spiro atoms. The van der Waals surface area contributed by atoms with Crippen molar-refractivity contribution in [1.29, 1.82) is 0 Å². The van der Waals surface area contributed by atoms with Crippen LogP contribution in [0, 0.1) is 0 Å². The first-order chi connectivity index (χ1) is 9.84. The van der Waals surface area contributed by atoms with E-state index in [1.165, 1.54) is 0 Å². The van der Waals surface area contributed by atoms with Gasteiger partial charge in [-0.05, 0) is 18.6 Å². The summed E-state index contributed by atoms with van der Waals surface area (Å²) in [6.07, 6.45) is 2.37. The molecule has 1 atom stereocenters. The quantitative estimate of drug-likeness (QED) is 0.395. The number of anilines is 1. The fraction of sp³-hybridized carbons (Fsp3) is 0.500. The van der Waals surface area contributed by atoms with Crippen molar-refractivity contribution in [2.24, 2.45) is 0 Å². The number of nitrogens with one attached hydrogen (secondary N) is 2. The summed E-state index contributed by atoms with van der Waals surface area (Å²) >= 11 is 23.8. The van der Waals surface area contributed by atoms with Crippen LogP contribution in [0.4, 0.5) is 5.69 Å². The molecular formula is C14H18Cl4N2O. The van der Waals surface area contributed by atoms with E-state index >= 15 is 0 Å². The van der Waals surface area contributed by atoms with E-state index in [0.717, 1.165) is 19.3 Å². The molecule has 0 radical (unpaired) electrons. The van der Waals surface area contributed by atoms with Crippen LogP contribution in [0.3, 0.4) is 0 Å². The van der Waals surface area contributed by atoms with Gasteiger partial charge in [0.2, 0.25) is 9.70 Å². The highest BCUT2D eigenvalue weighted by atomic mass is 35.6. The summed E-state index contributed by atoms with van der Waals surface area (Å²) in [6, 6.07) is 7.05. The molecule has 1 rings (SSSR count). The van der Waals surface area contributed by atoms with Crippen molar-refractivity contribution >= 4 is 58.0 Å². The zero-order valence-corrected chi connectivity index (χ0v) is 14.7. The van der Waals surface area contributed by atoms with Gasteiger partial charge in [-0.3, -0.25) is 4.79 Å². The van der Waals surface area contributed by atoms with E-state index in [-0.39, 0.29) is 5.91 Å². The summed E-state index contributed by atoms with van der Waals surface area (Å²) in [5.41, 5.74) is 0.587. The van der Waals surface area contributed by atoms with E-state index in [0.29, 0.717) is 17.1 Å². The second-order valence-electron chi connectivity index (χ2n) is 4.62. The summed E-state index contributed by atoms with van der Waals surface area (Å²) < 4.78 is -1.69. The molecule has 0 saturated carbocycles. The molecule has 3 nitrogen and oxygen atoms in total. The van der Waals surface area contributed by atoms with E-state index in [2.05, 4.69) is 17.6 Å². The number of halogens is 4. The number of hydrogen-bond donors (Lipinski definition) is 2. The molecular weight excluding hydrogens is 354 g/mol. The van der Waals surface area contributed by atoms with Crippen molar-refractivity contribution in [3.8, 4) is 0 Å². The average Bonchev–Trinajstić information content (AvgIpc) is 2.39. The highest BCUT2D eigenvalue weighted by Gasteiger charge is 2.34. The van der Waals surface area contributed by atoms with Crippen LogP contribution >= 0.6 is 46.4 Å². The second kappa shape index (κ2) is 8.94. The van der Waals surface area contributed by atoms with Crippen LogP contribution in [0.15, 0.2) is 24.3 Å². The second-order valence-corrected chi connectivity index (χ2v) is 7.40. The Morgan fingerprint density at radius 1 is 1.24 bits per heavy atom. The standard InChI is InChI=1S/C14H18Cl4N2O/c1-2-3-4-9-12(21)20-13(14(16,17)18)19-11-8-6-5-7-10(11)15/h5-8,13,19H,2-4,9H2,1H3,(H,20,21)/t13-/m1/s1. The van der Waals surface area contributed by atoms with Gasteiger partial charge < -0.3 is 10.6 Å². The summed E-state index contributed by atoms with van der Waals surface area (Å²) in [7, 11) is 0. The zero-order valence-electron chi connectivity index (χ0n) is 11.6. The van der Waals surface area contributed by atoms with Crippen LogP contribution in [0.2, 0.25) is 5.02 Å². The molecule has 0 heterocycles. The Morgan fingerprint density at radius 3 is 2.48 bits per heavy atom. The first-order valence-corrected chi connectivity index (χ1v) is 8.23. The lowest BCUT2D eigenvalue weighted by Crippen LogP contribution is -2.49. The molecule has 7 heteroatoms. The Kier molecular flexibility index (Phi) is 7.96. The maximum Gasteiger partial charge on any atom is 0.228 e. The number of carbonyl (C=O) groups excluding carboxylic acids is 1. The van der Waals surface area contributed by atoms with E-state index < -0.39 is 9.96 Å². The van der Waals surface area contributed by atoms with Gasteiger partial charge in [0, 0.05) is 6.42 Å².